The van der Waals surface area contributed by atoms with E-state index in [0.29, 0.717) is 19.5 Å². The molecule has 0 aliphatic carbocycles. The van der Waals surface area contributed by atoms with E-state index in [1.54, 1.807) is 0 Å². The fourth-order valence-electron chi connectivity index (χ4n) is 2.65. The highest BCUT2D eigenvalue weighted by molar-refractivity contribution is 5.89. The van der Waals surface area contributed by atoms with Crippen molar-refractivity contribution >= 4 is 11.8 Å². The molecule has 0 aromatic heterocycles. The molecule has 2 aliphatic rings. The lowest BCUT2D eigenvalue weighted by Gasteiger charge is -2.31. The summed E-state index contributed by atoms with van der Waals surface area (Å²) in [5.74, 6) is -0.00907. The van der Waals surface area contributed by atoms with Gasteiger partial charge in [0.15, 0.2) is 0 Å². The minimum absolute atomic E-state index is 0.0276. The number of nitrogens with one attached hydrogen (secondary N) is 1. The van der Waals surface area contributed by atoms with E-state index in [-0.39, 0.29) is 23.8 Å². The molecule has 0 saturated carbocycles. The number of hydrogen-bond acceptors (Lipinski definition) is 3. The molecule has 5 heteroatoms. The lowest BCUT2D eigenvalue weighted by atomic mass is 10.1. The highest BCUT2D eigenvalue weighted by Gasteiger charge is 2.38. The number of carbonyl (C=O) groups is 2. The van der Waals surface area contributed by atoms with Gasteiger partial charge in [0.1, 0.15) is 0 Å². The molecule has 2 aliphatic heterocycles. The Kier molecular flexibility index (Phi) is 4.58. The number of carbonyl (C=O) groups excluding carboxylic acids is 2. The molecule has 102 valence electrons. The van der Waals surface area contributed by atoms with Crippen LogP contribution in [0.2, 0.25) is 0 Å². The third-order valence-electron chi connectivity index (χ3n) is 3.71. The zero-order chi connectivity index (χ0) is 13.0. The monoisotopic (exact) mass is 254 g/mol. The molecule has 1 atom stereocenters. The second-order valence-electron chi connectivity index (χ2n) is 5.08. The van der Waals surface area contributed by atoms with Gasteiger partial charge in [0.2, 0.25) is 11.8 Å². The molecule has 1 unspecified atom stereocenters. The topological polar surface area (TPSA) is 58.6 Å². The maximum absolute atomic E-state index is 12.0. The number of ether oxygens (including phenoxy) is 1. The Morgan fingerprint density at radius 1 is 1.44 bits per heavy atom. The normalized spacial score (nSPS) is 25.5. The van der Waals surface area contributed by atoms with Gasteiger partial charge in [0, 0.05) is 38.8 Å². The largest absolute Gasteiger partial charge is 0.381 e. The van der Waals surface area contributed by atoms with Crippen LogP contribution >= 0.6 is 0 Å². The van der Waals surface area contributed by atoms with E-state index in [9.17, 15) is 9.59 Å². The van der Waals surface area contributed by atoms with E-state index in [1.165, 1.54) is 0 Å². The van der Waals surface area contributed by atoms with Gasteiger partial charge in [0.25, 0.3) is 0 Å². The molecule has 1 N–H and O–H groups in total. The summed E-state index contributed by atoms with van der Waals surface area (Å²) in [4.78, 5) is 25.7. The smallest absolute Gasteiger partial charge is 0.225 e. The molecule has 0 radical (unpaired) electrons. The van der Waals surface area contributed by atoms with Gasteiger partial charge in [-0.3, -0.25) is 9.59 Å². The molecule has 2 rings (SSSR count). The molecule has 18 heavy (non-hydrogen) atoms. The van der Waals surface area contributed by atoms with E-state index < -0.39 is 0 Å². The Balaban J connectivity index is 1.87. The molecular weight excluding hydrogens is 232 g/mol. The summed E-state index contributed by atoms with van der Waals surface area (Å²) in [6, 6.07) is 0.273. The van der Waals surface area contributed by atoms with Crippen molar-refractivity contribution in [1.29, 1.82) is 0 Å². The summed E-state index contributed by atoms with van der Waals surface area (Å²) in [5, 5.41) is 2.88. The molecule has 0 bridgehead atoms. The lowest BCUT2D eigenvalue weighted by Crippen LogP contribution is -2.41. The Hall–Kier alpha value is -1.10. The van der Waals surface area contributed by atoms with Crippen LogP contribution in [0.25, 0.3) is 0 Å². The minimum atomic E-state index is -0.160. The van der Waals surface area contributed by atoms with Crippen LogP contribution in [-0.4, -0.2) is 49.1 Å². The van der Waals surface area contributed by atoms with Crippen molar-refractivity contribution in [3.63, 3.8) is 0 Å². The Labute approximate surface area is 108 Å². The van der Waals surface area contributed by atoms with Crippen LogP contribution in [0.15, 0.2) is 0 Å². The van der Waals surface area contributed by atoms with Crippen LogP contribution in [0.1, 0.15) is 32.6 Å². The van der Waals surface area contributed by atoms with Gasteiger partial charge in [-0.2, -0.15) is 0 Å². The molecule has 0 aromatic rings. The van der Waals surface area contributed by atoms with Crippen LogP contribution < -0.4 is 5.32 Å². The first-order valence-electron chi connectivity index (χ1n) is 6.87. The highest BCUT2D eigenvalue weighted by Crippen LogP contribution is 2.24. The Morgan fingerprint density at radius 3 is 2.83 bits per heavy atom. The van der Waals surface area contributed by atoms with Crippen molar-refractivity contribution < 1.29 is 14.3 Å². The molecule has 2 heterocycles. The van der Waals surface area contributed by atoms with Crippen LogP contribution in [0.4, 0.5) is 0 Å². The summed E-state index contributed by atoms with van der Waals surface area (Å²) in [6.07, 6.45) is 3.09. The van der Waals surface area contributed by atoms with Crippen LogP contribution in [-0.2, 0) is 14.3 Å². The van der Waals surface area contributed by atoms with Gasteiger partial charge in [-0.1, -0.05) is 6.92 Å². The number of amides is 2. The Bertz CT molecular complexity index is 313. The maximum atomic E-state index is 12.0. The minimum Gasteiger partial charge on any atom is -0.381 e. The van der Waals surface area contributed by atoms with Crippen molar-refractivity contribution in [2.75, 3.05) is 26.3 Å². The first-order valence-corrected chi connectivity index (χ1v) is 6.87. The third kappa shape index (κ3) is 3.02. The summed E-state index contributed by atoms with van der Waals surface area (Å²) >= 11 is 0. The van der Waals surface area contributed by atoms with E-state index in [4.69, 9.17) is 4.74 Å². The fourth-order valence-corrected chi connectivity index (χ4v) is 2.65. The fraction of sp³-hybridized carbons (Fsp3) is 0.846. The van der Waals surface area contributed by atoms with E-state index in [0.717, 1.165) is 32.5 Å². The molecule has 5 nitrogen and oxygen atoms in total. The van der Waals surface area contributed by atoms with Crippen molar-refractivity contribution in [1.82, 2.24) is 10.2 Å². The zero-order valence-electron chi connectivity index (χ0n) is 11.0. The van der Waals surface area contributed by atoms with Gasteiger partial charge >= 0.3 is 0 Å². The van der Waals surface area contributed by atoms with Crippen molar-refractivity contribution in [2.24, 2.45) is 5.92 Å². The van der Waals surface area contributed by atoms with E-state index in [1.807, 2.05) is 11.8 Å². The average molecular weight is 254 g/mol. The van der Waals surface area contributed by atoms with Crippen molar-refractivity contribution in [2.45, 2.75) is 38.6 Å². The zero-order valence-corrected chi connectivity index (χ0v) is 11.0. The van der Waals surface area contributed by atoms with Gasteiger partial charge in [-0.25, -0.2) is 0 Å². The lowest BCUT2D eigenvalue weighted by molar-refractivity contribution is -0.131. The first-order chi connectivity index (χ1) is 8.72. The SMILES string of the molecule is CCCNC(=O)C1CC(=O)N(C2CCOCC2)C1. The van der Waals surface area contributed by atoms with Crippen LogP contribution in [0.3, 0.4) is 0 Å². The molecule has 2 amide bonds. The van der Waals surface area contributed by atoms with Crippen molar-refractivity contribution in [3.8, 4) is 0 Å². The second kappa shape index (κ2) is 6.18. The van der Waals surface area contributed by atoms with Crippen molar-refractivity contribution in [3.05, 3.63) is 0 Å². The molecular formula is C13H22N2O3. The first kappa shape index (κ1) is 13.3. The van der Waals surface area contributed by atoms with E-state index >= 15 is 0 Å². The summed E-state index contributed by atoms with van der Waals surface area (Å²) in [5.41, 5.74) is 0. The number of rotatable bonds is 4. The standard InChI is InChI=1S/C13H22N2O3/c1-2-5-14-13(17)10-8-12(16)15(9-10)11-3-6-18-7-4-11/h10-11H,2-9H2,1H3,(H,14,17). The van der Waals surface area contributed by atoms with Crippen LogP contribution in [0.5, 0.6) is 0 Å². The van der Waals surface area contributed by atoms with E-state index in [2.05, 4.69) is 5.32 Å². The maximum Gasteiger partial charge on any atom is 0.225 e. The van der Waals surface area contributed by atoms with Gasteiger partial charge < -0.3 is 15.0 Å². The predicted octanol–water partition coefficient (Wildman–Crippen LogP) is 0.540. The quantitative estimate of drug-likeness (QED) is 0.796. The summed E-state index contributed by atoms with van der Waals surface area (Å²) in [6.45, 7) is 4.75. The Morgan fingerprint density at radius 2 is 2.17 bits per heavy atom. The molecule has 2 fully saturated rings. The van der Waals surface area contributed by atoms with Crippen LogP contribution in [0, 0.1) is 5.92 Å². The molecule has 2 saturated heterocycles. The molecule has 0 spiro atoms. The summed E-state index contributed by atoms with van der Waals surface area (Å²) in [7, 11) is 0. The second-order valence-corrected chi connectivity index (χ2v) is 5.08. The predicted molar refractivity (Wildman–Crippen MR) is 67.0 cm³/mol. The highest BCUT2D eigenvalue weighted by atomic mass is 16.5. The molecule has 0 aromatic carbocycles. The number of hydrogen-bond donors (Lipinski definition) is 1. The van der Waals surface area contributed by atoms with Gasteiger partial charge in [-0.05, 0) is 19.3 Å². The summed E-state index contributed by atoms with van der Waals surface area (Å²) < 4.78 is 5.30. The number of nitrogens with zero attached hydrogens (tertiary/aromatic N) is 1. The van der Waals surface area contributed by atoms with Gasteiger partial charge in [0.05, 0.1) is 5.92 Å². The third-order valence-corrected chi connectivity index (χ3v) is 3.71. The average Bonchev–Trinajstić information content (AvgIpc) is 2.79. The number of likely N-dealkylation sites (tertiary alicyclic amines) is 1. The van der Waals surface area contributed by atoms with Gasteiger partial charge in [-0.15, -0.1) is 0 Å².